The highest BCUT2D eigenvalue weighted by Crippen LogP contribution is 2.20. The Labute approximate surface area is 137 Å². The van der Waals surface area contributed by atoms with Gasteiger partial charge in [0.1, 0.15) is 5.75 Å². The van der Waals surface area contributed by atoms with Gasteiger partial charge in [0.25, 0.3) is 0 Å². The highest BCUT2D eigenvalue weighted by atomic mass is 16.5. The Balaban J connectivity index is 1.85. The summed E-state index contributed by atoms with van der Waals surface area (Å²) in [6, 6.07) is 11.4. The number of nitrogens with zero attached hydrogens (tertiary/aromatic N) is 1. The van der Waals surface area contributed by atoms with Gasteiger partial charge in [-0.25, -0.2) is 4.98 Å². The Kier molecular flexibility index (Phi) is 6.29. The van der Waals surface area contributed by atoms with E-state index in [9.17, 15) is 4.79 Å². The Hall–Kier alpha value is -2.20. The van der Waals surface area contributed by atoms with Crippen LogP contribution in [0.4, 0.5) is 0 Å². The summed E-state index contributed by atoms with van der Waals surface area (Å²) in [6.07, 6.45) is 2.72. The van der Waals surface area contributed by atoms with Crippen LogP contribution in [0.15, 0.2) is 42.6 Å². The van der Waals surface area contributed by atoms with Crippen LogP contribution in [0, 0.1) is 5.92 Å². The minimum atomic E-state index is -0.00151. The van der Waals surface area contributed by atoms with Gasteiger partial charge in [0, 0.05) is 24.4 Å². The Morgan fingerprint density at radius 3 is 2.48 bits per heavy atom. The minimum Gasteiger partial charge on any atom is -0.439 e. The number of carbonyl (C=O) groups excluding carboxylic acids is 1. The summed E-state index contributed by atoms with van der Waals surface area (Å²) in [5.41, 5.74) is 1.81. The molecule has 0 aliphatic heterocycles. The lowest BCUT2D eigenvalue weighted by Gasteiger charge is -2.08. The van der Waals surface area contributed by atoms with Crippen LogP contribution in [-0.4, -0.2) is 17.3 Å². The molecule has 1 heterocycles. The molecule has 0 saturated heterocycles. The molecule has 1 N–H and O–H groups in total. The summed E-state index contributed by atoms with van der Waals surface area (Å²) in [5.74, 6) is 1.94. The molecule has 0 saturated carbocycles. The number of hydrogen-bond acceptors (Lipinski definition) is 4. The summed E-state index contributed by atoms with van der Waals surface area (Å²) in [4.78, 5) is 15.4. The van der Waals surface area contributed by atoms with Crippen molar-refractivity contribution < 1.29 is 9.53 Å². The van der Waals surface area contributed by atoms with E-state index >= 15 is 0 Å². The van der Waals surface area contributed by atoms with Crippen molar-refractivity contribution in [1.29, 1.82) is 0 Å². The van der Waals surface area contributed by atoms with Crippen LogP contribution in [0.2, 0.25) is 0 Å². The van der Waals surface area contributed by atoms with Crippen LogP contribution in [0.25, 0.3) is 0 Å². The first kappa shape index (κ1) is 17.2. The monoisotopic (exact) mass is 312 g/mol. The third-order valence-electron chi connectivity index (χ3n) is 3.52. The zero-order valence-electron chi connectivity index (χ0n) is 14.0. The smallest absolute Gasteiger partial charge is 0.219 e. The Bertz CT molecular complexity index is 619. The number of pyridine rings is 1. The van der Waals surface area contributed by atoms with Gasteiger partial charge in [-0.3, -0.25) is 4.79 Å². The molecular weight excluding hydrogens is 288 g/mol. The van der Waals surface area contributed by atoms with Crippen LogP contribution in [0.5, 0.6) is 11.6 Å². The molecule has 0 radical (unpaired) electrons. The molecule has 2 aromatic rings. The van der Waals surface area contributed by atoms with Gasteiger partial charge in [0.15, 0.2) is 5.78 Å². The van der Waals surface area contributed by atoms with E-state index in [-0.39, 0.29) is 5.78 Å². The number of nitrogens with one attached hydrogen (secondary N) is 1. The van der Waals surface area contributed by atoms with Crippen LogP contribution >= 0.6 is 0 Å². The van der Waals surface area contributed by atoms with Crippen molar-refractivity contribution in [3.05, 3.63) is 53.7 Å². The van der Waals surface area contributed by atoms with Crippen LogP contribution < -0.4 is 10.1 Å². The maximum atomic E-state index is 11.2. The molecule has 4 nitrogen and oxygen atoms in total. The predicted octanol–water partition coefficient (Wildman–Crippen LogP) is 4.21. The second-order valence-corrected chi connectivity index (χ2v) is 6.05. The van der Waals surface area contributed by atoms with Crippen molar-refractivity contribution in [3.8, 4) is 11.6 Å². The van der Waals surface area contributed by atoms with Gasteiger partial charge in [0.05, 0.1) is 0 Å². The maximum Gasteiger partial charge on any atom is 0.219 e. The van der Waals surface area contributed by atoms with E-state index in [2.05, 4.69) is 24.1 Å². The summed E-state index contributed by atoms with van der Waals surface area (Å²) >= 11 is 0. The lowest BCUT2D eigenvalue weighted by atomic mass is 10.1. The van der Waals surface area contributed by atoms with Gasteiger partial charge in [0.2, 0.25) is 5.88 Å². The molecule has 0 spiro atoms. The van der Waals surface area contributed by atoms with Crippen LogP contribution in [0.3, 0.4) is 0 Å². The first-order valence-corrected chi connectivity index (χ1v) is 7.99. The fourth-order valence-electron chi connectivity index (χ4n) is 2.07. The first-order chi connectivity index (χ1) is 11.0. The number of aromatic nitrogens is 1. The molecule has 122 valence electrons. The number of carbonyl (C=O) groups is 1. The zero-order chi connectivity index (χ0) is 16.7. The molecule has 0 aliphatic rings. The van der Waals surface area contributed by atoms with Crippen molar-refractivity contribution in [2.45, 2.75) is 33.7 Å². The second kappa shape index (κ2) is 8.44. The quantitative estimate of drug-likeness (QED) is 0.586. The van der Waals surface area contributed by atoms with E-state index < -0.39 is 0 Å². The van der Waals surface area contributed by atoms with E-state index in [1.54, 1.807) is 12.1 Å². The fraction of sp³-hybridized carbons (Fsp3) is 0.368. The highest BCUT2D eigenvalue weighted by Gasteiger charge is 2.03. The molecule has 23 heavy (non-hydrogen) atoms. The summed E-state index contributed by atoms with van der Waals surface area (Å²) in [5, 5.41) is 3.43. The van der Waals surface area contributed by atoms with E-state index in [4.69, 9.17) is 4.74 Å². The van der Waals surface area contributed by atoms with Crippen molar-refractivity contribution in [3.63, 3.8) is 0 Å². The van der Waals surface area contributed by atoms with Crippen LogP contribution in [-0.2, 0) is 6.54 Å². The number of hydrogen-bond donors (Lipinski definition) is 1. The van der Waals surface area contributed by atoms with Crippen molar-refractivity contribution in [1.82, 2.24) is 10.3 Å². The lowest BCUT2D eigenvalue weighted by Crippen LogP contribution is -2.16. The van der Waals surface area contributed by atoms with Gasteiger partial charge in [-0.15, -0.1) is 0 Å². The van der Waals surface area contributed by atoms with E-state index in [1.165, 1.54) is 25.1 Å². The number of benzene rings is 1. The Morgan fingerprint density at radius 1 is 1.17 bits per heavy atom. The van der Waals surface area contributed by atoms with Crippen molar-refractivity contribution >= 4 is 5.78 Å². The number of ketones is 1. The minimum absolute atomic E-state index is 0.00151. The largest absolute Gasteiger partial charge is 0.439 e. The van der Waals surface area contributed by atoms with Gasteiger partial charge >= 0.3 is 0 Å². The number of Topliss-reactive ketones (excluding diaryl/α,β-unsaturated/α-hetero) is 1. The number of ether oxygens (including phenoxy) is 1. The van der Waals surface area contributed by atoms with Crippen molar-refractivity contribution in [2.75, 3.05) is 6.54 Å². The van der Waals surface area contributed by atoms with E-state index in [0.29, 0.717) is 11.4 Å². The average Bonchev–Trinajstić information content (AvgIpc) is 2.53. The van der Waals surface area contributed by atoms with Gasteiger partial charge in [-0.05, 0) is 49.6 Å². The normalized spacial score (nSPS) is 10.8. The molecule has 0 fully saturated rings. The third kappa shape index (κ3) is 5.83. The fourth-order valence-corrected chi connectivity index (χ4v) is 2.07. The highest BCUT2D eigenvalue weighted by molar-refractivity contribution is 5.93. The average molecular weight is 312 g/mol. The molecule has 2 rings (SSSR count). The molecular formula is C19H24N2O2. The SMILES string of the molecule is CC(=O)c1ccc(Oc2ccc(CNCCC(C)C)cc2)nc1. The molecule has 1 aromatic carbocycles. The summed E-state index contributed by atoms with van der Waals surface area (Å²) in [6.45, 7) is 7.86. The van der Waals surface area contributed by atoms with Crippen molar-refractivity contribution in [2.24, 2.45) is 5.92 Å². The molecule has 0 atom stereocenters. The zero-order valence-corrected chi connectivity index (χ0v) is 14.0. The van der Waals surface area contributed by atoms with E-state index in [1.807, 2.05) is 24.3 Å². The van der Waals surface area contributed by atoms with Gasteiger partial charge in [-0.1, -0.05) is 26.0 Å². The predicted molar refractivity (Wildman–Crippen MR) is 91.9 cm³/mol. The molecule has 4 heteroatoms. The molecule has 0 unspecified atom stereocenters. The second-order valence-electron chi connectivity index (χ2n) is 6.05. The standard InChI is InChI=1S/C19H24N2O2/c1-14(2)10-11-20-12-16-4-7-18(8-5-16)23-19-9-6-17(13-21-19)15(3)22/h4-9,13-14,20H,10-12H2,1-3H3. The topological polar surface area (TPSA) is 51.2 Å². The lowest BCUT2D eigenvalue weighted by molar-refractivity contribution is 0.101. The number of rotatable bonds is 8. The molecule has 1 aromatic heterocycles. The van der Waals surface area contributed by atoms with Crippen LogP contribution in [0.1, 0.15) is 43.1 Å². The van der Waals surface area contributed by atoms with E-state index in [0.717, 1.165) is 24.8 Å². The molecule has 0 amide bonds. The maximum absolute atomic E-state index is 11.2. The van der Waals surface area contributed by atoms with Gasteiger partial charge in [-0.2, -0.15) is 0 Å². The summed E-state index contributed by atoms with van der Waals surface area (Å²) in [7, 11) is 0. The molecule has 0 bridgehead atoms. The third-order valence-corrected chi connectivity index (χ3v) is 3.52. The Morgan fingerprint density at radius 2 is 1.91 bits per heavy atom. The summed E-state index contributed by atoms with van der Waals surface area (Å²) < 4.78 is 5.68. The van der Waals surface area contributed by atoms with Gasteiger partial charge < -0.3 is 10.1 Å². The molecule has 0 aliphatic carbocycles. The first-order valence-electron chi connectivity index (χ1n) is 7.99.